The molecule has 0 unspecified atom stereocenters. The fourth-order valence-corrected chi connectivity index (χ4v) is 2.89. The molecule has 0 heterocycles. The molecule has 12 nitrogen and oxygen atoms in total. The van der Waals surface area contributed by atoms with Crippen molar-refractivity contribution in [3.63, 3.8) is 0 Å². The van der Waals surface area contributed by atoms with Gasteiger partial charge in [-0.3, -0.25) is 14.1 Å². The van der Waals surface area contributed by atoms with Gasteiger partial charge in [-0.1, -0.05) is 44.2 Å². The Bertz CT molecular complexity index is 886. The summed E-state index contributed by atoms with van der Waals surface area (Å²) in [6.45, 7) is 14.5. The molecule has 0 spiro atoms. The summed E-state index contributed by atoms with van der Waals surface area (Å²) in [6, 6.07) is 9.72. The Labute approximate surface area is 250 Å². The molecule has 1 rings (SSSR count). The fourth-order valence-electron chi connectivity index (χ4n) is 2.57. The summed E-state index contributed by atoms with van der Waals surface area (Å²) < 4.78 is 45.9. The van der Waals surface area contributed by atoms with E-state index in [0.717, 1.165) is 18.4 Å². The maximum atomic E-state index is 11.7. The van der Waals surface area contributed by atoms with Crippen molar-refractivity contribution < 1.29 is 56.9 Å². The molecule has 0 saturated heterocycles. The molecule has 0 aliphatic carbocycles. The third kappa shape index (κ3) is 21.8. The average Bonchev–Trinajstić information content (AvgIpc) is 2.95. The van der Waals surface area contributed by atoms with Crippen molar-refractivity contribution in [1.29, 1.82) is 0 Å². The highest BCUT2D eigenvalue weighted by molar-refractivity contribution is 7.46. The first-order valence-corrected chi connectivity index (χ1v) is 15.7. The summed E-state index contributed by atoms with van der Waals surface area (Å²) in [5, 5.41) is 0. The molecule has 42 heavy (non-hydrogen) atoms. The molecule has 2 N–H and O–H groups in total. The second-order valence-electron chi connectivity index (χ2n) is 10.4. The third-order valence-electron chi connectivity index (χ3n) is 6.15. The largest absolute Gasteiger partial charge is 0.469 e. The fraction of sp³-hybridized carbons (Fsp3) is 0.724. The van der Waals surface area contributed by atoms with Crippen LogP contribution >= 0.6 is 7.82 Å². The second-order valence-corrected chi connectivity index (χ2v) is 11.7. The SMILES string of the molecule is CCC(C)(C)C(=O)OCCOCCOCCOCCOCCOP(=O)(O)O.CCC(C)(C)C(=O)OCc1ccccc1. The van der Waals surface area contributed by atoms with Crippen LogP contribution in [-0.4, -0.2) is 87.8 Å². The van der Waals surface area contributed by atoms with E-state index in [-0.39, 0.29) is 37.2 Å². The highest BCUT2D eigenvalue weighted by Crippen LogP contribution is 2.35. The van der Waals surface area contributed by atoms with Crippen molar-refractivity contribution in [2.75, 3.05) is 66.1 Å². The van der Waals surface area contributed by atoms with Gasteiger partial charge in [0.25, 0.3) is 0 Å². The average molecular weight is 623 g/mol. The van der Waals surface area contributed by atoms with E-state index in [0.29, 0.717) is 52.9 Å². The summed E-state index contributed by atoms with van der Waals surface area (Å²) in [6.07, 6.45) is 1.51. The van der Waals surface area contributed by atoms with Gasteiger partial charge in [0.05, 0.1) is 70.3 Å². The smallest absolute Gasteiger partial charge is 0.463 e. The number of phosphoric acid groups is 1. The minimum atomic E-state index is -4.42. The van der Waals surface area contributed by atoms with Gasteiger partial charge in [-0.2, -0.15) is 0 Å². The third-order valence-corrected chi connectivity index (χ3v) is 6.67. The number of hydrogen-bond acceptors (Lipinski definition) is 10. The molecule has 13 heteroatoms. The van der Waals surface area contributed by atoms with E-state index in [4.69, 9.17) is 38.2 Å². The second kappa shape index (κ2) is 22.6. The number of carbonyl (C=O) groups is 2. The molecular formula is C29H51O12P. The van der Waals surface area contributed by atoms with Crippen LogP contribution in [0.1, 0.15) is 59.9 Å². The van der Waals surface area contributed by atoms with Crippen LogP contribution in [0, 0.1) is 10.8 Å². The Morgan fingerprint density at radius 1 is 0.643 bits per heavy atom. The van der Waals surface area contributed by atoms with E-state index in [2.05, 4.69) is 4.52 Å². The Balaban J connectivity index is 0.000000938. The number of rotatable bonds is 22. The normalized spacial score (nSPS) is 11.9. The highest BCUT2D eigenvalue weighted by Gasteiger charge is 2.27. The highest BCUT2D eigenvalue weighted by atomic mass is 31.2. The summed E-state index contributed by atoms with van der Waals surface area (Å²) in [5.41, 5.74) is 0.178. The van der Waals surface area contributed by atoms with Crippen LogP contribution in [0.5, 0.6) is 0 Å². The predicted octanol–water partition coefficient (Wildman–Crippen LogP) is 4.31. The molecule has 0 aliphatic heterocycles. The number of esters is 2. The van der Waals surface area contributed by atoms with E-state index in [9.17, 15) is 14.2 Å². The van der Waals surface area contributed by atoms with E-state index in [1.807, 2.05) is 71.9 Å². The lowest BCUT2D eigenvalue weighted by atomic mass is 9.91. The van der Waals surface area contributed by atoms with Gasteiger partial charge in [0.1, 0.15) is 13.2 Å². The van der Waals surface area contributed by atoms with Crippen LogP contribution in [0.2, 0.25) is 0 Å². The molecule has 0 aliphatic rings. The van der Waals surface area contributed by atoms with Gasteiger partial charge in [-0.15, -0.1) is 0 Å². The van der Waals surface area contributed by atoms with E-state index in [1.165, 1.54) is 0 Å². The monoisotopic (exact) mass is 622 g/mol. The summed E-state index contributed by atoms with van der Waals surface area (Å²) >= 11 is 0. The molecule has 0 fully saturated rings. The Hall–Kier alpha value is -1.89. The van der Waals surface area contributed by atoms with Gasteiger partial charge in [0.2, 0.25) is 0 Å². The van der Waals surface area contributed by atoms with Crippen LogP contribution in [0.15, 0.2) is 30.3 Å². The molecule has 0 bridgehead atoms. The lowest BCUT2D eigenvalue weighted by Crippen LogP contribution is -2.27. The Kier molecular flexibility index (Phi) is 21.6. The zero-order valence-electron chi connectivity index (χ0n) is 26.0. The molecule has 0 amide bonds. The van der Waals surface area contributed by atoms with Crippen molar-refractivity contribution >= 4 is 19.8 Å². The predicted molar refractivity (Wildman–Crippen MR) is 157 cm³/mol. The van der Waals surface area contributed by atoms with Crippen molar-refractivity contribution in [2.45, 2.75) is 61.0 Å². The molecule has 0 aromatic heterocycles. The topological polar surface area (TPSA) is 156 Å². The van der Waals surface area contributed by atoms with Crippen molar-refractivity contribution in [1.82, 2.24) is 0 Å². The minimum absolute atomic E-state index is 0.0769. The molecular weight excluding hydrogens is 571 g/mol. The van der Waals surface area contributed by atoms with Gasteiger partial charge >= 0.3 is 19.8 Å². The lowest BCUT2D eigenvalue weighted by molar-refractivity contribution is -0.156. The number of ether oxygens (including phenoxy) is 6. The van der Waals surface area contributed by atoms with E-state index >= 15 is 0 Å². The van der Waals surface area contributed by atoms with Crippen LogP contribution in [0.3, 0.4) is 0 Å². The van der Waals surface area contributed by atoms with Crippen LogP contribution < -0.4 is 0 Å². The van der Waals surface area contributed by atoms with Gasteiger partial charge in [-0.25, -0.2) is 4.57 Å². The maximum absolute atomic E-state index is 11.7. The van der Waals surface area contributed by atoms with Gasteiger partial charge in [0, 0.05) is 0 Å². The zero-order valence-corrected chi connectivity index (χ0v) is 26.9. The van der Waals surface area contributed by atoms with Gasteiger partial charge in [-0.05, 0) is 46.1 Å². The van der Waals surface area contributed by atoms with Crippen molar-refractivity contribution in [2.24, 2.45) is 10.8 Å². The molecule has 1 aromatic carbocycles. The maximum Gasteiger partial charge on any atom is 0.469 e. The minimum Gasteiger partial charge on any atom is -0.463 e. The van der Waals surface area contributed by atoms with E-state index in [1.54, 1.807) is 0 Å². The van der Waals surface area contributed by atoms with Crippen molar-refractivity contribution in [3.05, 3.63) is 35.9 Å². The van der Waals surface area contributed by atoms with Crippen LogP contribution in [-0.2, 0) is 53.7 Å². The zero-order chi connectivity index (χ0) is 31.9. The quantitative estimate of drug-likeness (QED) is 0.108. The van der Waals surface area contributed by atoms with Crippen LogP contribution in [0.25, 0.3) is 0 Å². The van der Waals surface area contributed by atoms with Crippen molar-refractivity contribution in [3.8, 4) is 0 Å². The number of benzene rings is 1. The Morgan fingerprint density at radius 3 is 1.43 bits per heavy atom. The summed E-state index contributed by atoms with van der Waals surface area (Å²) in [4.78, 5) is 40.2. The lowest BCUT2D eigenvalue weighted by Gasteiger charge is -2.20. The number of carbonyl (C=O) groups excluding carboxylic acids is 2. The Morgan fingerprint density at radius 2 is 1.02 bits per heavy atom. The molecule has 1 aromatic rings. The van der Waals surface area contributed by atoms with Crippen LogP contribution in [0.4, 0.5) is 0 Å². The molecule has 0 saturated carbocycles. The number of hydrogen-bond donors (Lipinski definition) is 2. The first kappa shape index (κ1) is 40.1. The van der Waals surface area contributed by atoms with Gasteiger partial charge < -0.3 is 38.2 Å². The van der Waals surface area contributed by atoms with Gasteiger partial charge in [0.15, 0.2) is 0 Å². The summed E-state index contributed by atoms with van der Waals surface area (Å²) in [5.74, 6) is -0.353. The standard InChI is InChI=1S/C16H33O10P.C13H18O2/c1-4-16(2,3)15(17)25-13-11-23-9-7-21-5-6-22-8-10-24-12-14-26-27(18,19)20;1-4-13(2,3)12(14)15-10-11-8-6-5-7-9-11/h4-14H2,1-3H3,(H2,18,19,20);5-9H,4,10H2,1-3H3. The first-order chi connectivity index (χ1) is 19.7. The van der Waals surface area contributed by atoms with E-state index < -0.39 is 13.2 Å². The molecule has 244 valence electrons. The number of phosphoric ester groups is 1. The molecule has 0 radical (unpaired) electrons. The first-order valence-electron chi connectivity index (χ1n) is 14.1. The molecule has 0 atom stereocenters. The summed E-state index contributed by atoms with van der Waals surface area (Å²) in [7, 11) is -4.42.